The topological polar surface area (TPSA) is 77.5 Å². The van der Waals surface area contributed by atoms with Crippen LogP contribution in [0.5, 0.6) is 0 Å². The quantitative estimate of drug-likeness (QED) is 0.380. The smallest absolute Gasteiger partial charge is 0.414 e. The van der Waals surface area contributed by atoms with Gasteiger partial charge >= 0.3 is 12.2 Å². The molecule has 2 aliphatic heterocycles. The predicted octanol–water partition coefficient (Wildman–Crippen LogP) is 5.95. The number of halogens is 2. The average molecular weight is 549 g/mol. The first kappa shape index (κ1) is 28.0. The Hall–Kier alpha value is -3.02. The van der Waals surface area contributed by atoms with Crippen LogP contribution in [0.25, 0.3) is 11.1 Å². The maximum atomic E-state index is 15.2. The fourth-order valence-corrected chi connectivity index (χ4v) is 5.16. The molecule has 11 heteroatoms. The molecule has 2 aromatic rings. The van der Waals surface area contributed by atoms with Gasteiger partial charge in [0.15, 0.2) is 8.32 Å². The van der Waals surface area contributed by atoms with Gasteiger partial charge in [-0.3, -0.25) is 9.80 Å². The number of carbonyl (C=O) groups is 2. The highest BCUT2D eigenvalue weighted by Gasteiger charge is 2.40. The number of rotatable bonds is 8. The Morgan fingerprint density at radius 1 is 0.868 bits per heavy atom. The van der Waals surface area contributed by atoms with E-state index in [1.54, 1.807) is 6.07 Å². The third-order valence-corrected chi connectivity index (χ3v) is 11.9. The molecule has 2 fully saturated rings. The summed E-state index contributed by atoms with van der Waals surface area (Å²) in [6, 6.07) is 8.29. The minimum Gasteiger partial charge on any atom is -0.442 e. The zero-order valence-corrected chi connectivity index (χ0v) is 23.5. The van der Waals surface area contributed by atoms with Crippen LogP contribution in [0.3, 0.4) is 0 Å². The Morgan fingerprint density at radius 2 is 1.32 bits per heavy atom. The number of ether oxygens (including phenoxy) is 3. The van der Waals surface area contributed by atoms with Crippen molar-refractivity contribution in [1.29, 1.82) is 0 Å². The molecule has 206 valence electrons. The van der Waals surface area contributed by atoms with E-state index in [9.17, 15) is 9.59 Å². The third-order valence-electron chi connectivity index (χ3n) is 7.36. The van der Waals surface area contributed by atoms with Gasteiger partial charge in [-0.1, -0.05) is 20.8 Å². The highest BCUT2D eigenvalue weighted by Crippen LogP contribution is 2.37. The number of methoxy groups -OCH3 is 1. The van der Waals surface area contributed by atoms with Crippen molar-refractivity contribution in [1.82, 2.24) is 0 Å². The molecule has 0 saturated carbocycles. The summed E-state index contributed by atoms with van der Waals surface area (Å²) in [5, 5.41) is 0.0198. The molecule has 0 aromatic heterocycles. The number of carbonyl (C=O) groups excluding carboxylic acids is 2. The highest BCUT2D eigenvalue weighted by molar-refractivity contribution is 6.74. The molecule has 38 heavy (non-hydrogen) atoms. The fourth-order valence-electron chi connectivity index (χ4n) is 4.12. The second-order valence-corrected chi connectivity index (χ2v) is 15.9. The van der Waals surface area contributed by atoms with E-state index in [2.05, 4.69) is 33.9 Å². The molecule has 2 aromatic carbocycles. The van der Waals surface area contributed by atoms with Crippen molar-refractivity contribution in [2.75, 3.05) is 43.2 Å². The maximum absolute atomic E-state index is 15.2. The molecule has 0 spiro atoms. The maximum Gasteiger partial charge on any atom is 0.414 e. The number of hydrogen-bond donors (Lipinski definition) is 0. The lowest BCUT2D eigenvalue weighted by atomic mass is 10.0. The van der Waals surface area contributed by atoms with Crippen LogP contribution in [0, 0.1) is 11.6 Å². The summed E-state index contributed by atoms with van der Waals surface area (Å²) in [6.45, 7) is 11.6. The van der Waals surface area contributed by atoms with E-state index in [-0.39, 0.29) is 42.5 Å². The van der Waals surface area contributed by atoms with Crippen molar-refractivity contribution < 1.29 is 37.0 Å². The Morgan fingerprint density at radius 3 is 1.71 bits per heavy atom. The molecule has 0 N–H and O–H groups in total. The Labute approximate surface area is 222 Å². The van der Waals surface area contributed by atoms with Crippen LogP contribution in [0.15, 0.2) is 36.4 Å². The van der Waals surface area contributed by atoms with Crippen molar-refractivity contribution in [3.8, 4) is 11.1 Å². The van der Waals surface area contributed by atoms with E-state index < -0.39 is 44.3 Å². The van der Waals surface area contributed by atoms with Gasteiger partial charge in [0.1, 0.15) is 23.8 Å². The lowest BCUT2D eigenvalue weighted by molar-refractivity contribution is 0.0718. The minimum atomic E-state index is -2.02. The number of benzene rings is 2. The van der Waals surface area contributed by atoms with Gasteiger partial charge in [0.25, 0.3) is 0 Å². The lowest BCUT2D eigenvalue weighted by Gasteiger charge is -2.36. The van der Waals surface area contributed by atoms with Crippen molar-refractivity contribution in [3.05, 3.63) is 48.0 Å². The lowest BCUT2D eigenvalue weighted by Crippen LogP contribution is -2.43. The minimum absolute atomic E-state index is 0.0198. The summed E-state index contributed by atoms with van der Waals surface area (Å²) in [5.74, 6) is -1.38. The van der Waals surface area contributed by atoms with E-state index in [0.29, 0.717) is 11.4 Å². The first-order chi connectivity index (χ1) is 17.8. The van der Waals surface area contributed by atoms with Crippen molar-refractivity contribution in [2.24, 2.45) is 0 Å². The largest absolute Gasteiger partial charge is 0.442 e. The molecule has 2 amide bonds. The second kappa shape index (κ2) is 10.6. The molecule has 4 rings (SSSR count). The van der Waals surface area contributed by atoms with Crippen LogP contribution < -0.4 is 9.80 Å². The number of hydrogen-bond acceptors (Lipinski definition) is 6. The van der Waals surface area contributed by atoms with Crippen molar-refractivity contribution in [3.63, 3.8) is 0 Å². The van der Waals surface area contributed by atoms with Crippen LogP contribution in [0.4, 0.5) is 29.7 Å². The predicted molar refractivity (Wildman–Crippen MR) is 142 cm³/mol. The Kier molecular flexibility index (Phi) is 7.83. The van der Waals surface area contributed by atoms with Gasteiger partial charge in [0.2, 0.25) is 0 Å². The van der Waals surface area contributed by atoms with Crippen molar-refractivity contribution in [2.45, 2.75) is 51.1 Å². The molecule has 2 aliphatic rings. The summed E-state index contributed by atoms with van der Waals surface area (Å²) >= 11 is 0. The van der Waals surface area contributed by atoms with Crippen LogP contribution in [-0.2, 0) is 18.6 Å². The summed E-state index contributed by atoms with van der Waals surface area (Å²) in [6.07, 6.45) is -2.10. The van der Waals surface area contributed by atoms with E-state index in [0.717, 1.165) is 0 Å². The zero-order chi connectivity index (χ0) is 27.8. The van der Waals surface area contributed by atoms with E-state index in [4.69, 9.17) is 18.6 Å². The van der Waals surface area contributed by atoms with Gasteiger partial charge in [0.05, 0.1) is 37.7 Å². The average Bonchev–Trinajstić information content (AvgIpc) is 3.39. The molecule has 2 saturated heterocycles. The SMILES string of the molecule is COC[C@H]1CN(c2ccc(-c3ccc(N4C[C@H](CO[Si](C)(C)C(C)(C)C)OC4=O)cc3F)c(F)c2)C(=O)O1. The molecule has 0 aliphatic carbocycles. The second-order valence-electron chi connectivity index (χ2n) is 11.1. The first-order valence-electron chi connectivity index (χ1n) is 12.5. The zero-order valence-electron chi connectivity index (χ0n) is 22.5. The molecule has 8 nitrogen and oxygen atoms in total. The molecule has 2 heterocycles. The van der Waals surface area contributed by atoms with Gasteiger partial charge in [-0.15, -0.1) is 0 Å². The van der Waals surface area contributed by atoms with E-state index in [1.807, 2.05) is 0 Å². The van der Waals surface area contributed by atoms with E-state index >= 15 is 8.78 Å². The van der Waals surface area contributed by atoms with Crippen LogP contribution >= 0.6 is 0 Å². The fraction of sp³-hybridized carbons (Fsp3) is 0.481. The van der Waals surface area contributed by atoms with Gasteiger partial charge in [0, 0.05) is 18.2 Å². The summed E-state index contributed by atoms with van der Waals surface area (Å²) in [4.78, 5) is 27.3. The summed E-state index contributed by atoms with van der Waals surface area (Å²) in [7, 11) is -0.518. The van der Waals surface area contributed by atoms with Gasteiger partial charge in [-0.05, 0) is 54.5 Å². The molecular weight excluding hydrogens is 514 g/mol. The highest BCUT2D eigenvalue weighted by atomic mass is 28.4. The molecule has 0 bridgehead atoms. The Bertz CT molecular complexity index is 1220. The van der Waals surface area contributed by atoms with Gasteiger partial charge in [-0.25, -0.2) is 18.4 Å². The van der Waals surface area contributed by atoms with Gasteiger partial charge in [-0.2, -0.15) is 0 Å². The van der Waals surface area contributed by atoms with Crippen LogP contribution in [0.2, 0.25) is 18.1 Å². The molecular formula is C27H34F2N2O6Si. The van der Waals surface area contributed by atoms with Crippen molar-refractivity contribution >= 4 is 31.9 Å². The molecule has 0 unspecified atom stereocenters. The first-order valence-corrected chi connectivity index (χ1v) is 15.4. The summed E-state index contributed by atoms with van der Waals surface area (Å²) in [5.41, 5.74) is 0.678. The van der Waals surface area contributed by atoms with Crippen LogP contribution in [-0.4, -0.2) is 66.1 Å². The van der Waals surface area contributed by atoms with Gasteiger partial charge < -0.3 is 18.6 Å². The standard InChI is InChI=1S/C27H34F2N2O6Si/c1-27(2,3)38(5,6)35-16-20-14-31(26(33)37-20)18-8-10-22(24(29)12-18)21-9-7-17(11-23(21)28)30-13-19(15-34-4)36-25(30)32/h7-12,19-20H,13-16H2,1-6H3/t19-,20-/m1/s1. The summed E-state index contributed by atoms with van der Waals surface area (Å²) < 4.78 is 52.1. The van der Waals surface area contributed by atoms with Crippen LogP contribution in [0.1, 0.15) is 20.8 Å². The number of nitrogens with zero attached hydrogens (tertiary/aromatic N) is 2. The third kappa shape index (κ3) is 5.69. The number of amides is 2. The monoisotopic (exact) mass is 548 g/mol. The number of cyclic esters (lactones) is 2. The van der Waals surface area contributed by atoms with E-state index in [1.165, 1.54) is 47.2 Å². The Balaban J connectivity index is 1.46. The normalized spacial score (nSPS) is 20.2. The molecule has 2 atom stereocenters. The molecule has 0 radical (unpaired) electrons. The number of anilines is 2.